The summed E-state index contributed by atoms with van der Waals surface area (Å²) < 4.78 is 10.3. The standard InChI is InChI=1S/C15H19ClN2O5/c1-15(8-22-2,14(20)21)18-12(19)10-5-11(16)13(17-6-10)23-7-9-3-4-9/h5-6,9H,3-4,7-8H2,1-2H3,(H,18,19)(H,20,21). The SMILES string of the molecule is COCC(C)(NC(=O)c1cnc(OCC2CC2)c(Cl)c1)C(=O)O. The highest BCUT2D eigenvalue weighted by atomic mass is 35.5. The molecule has 0 spiro atoms. The Morgan fingerprint density at radius 1 is 1.52 bits per heavy atom. The van der Waals surface area contributed by atoms with E-state index in [0.717, 1.165) is 12.8 Å². The monoisotopic (exact) mass is 342 g/mol. The lowest BCUT2D eigenvalue weighted by Crippen LogP contribution is -2.55. The second-order valence-electron chi connectivity index (χ2n) is 5.79. The molecule has 1 atom stereocenters. The quantitative estimate of drug-likeness (QED) is 0.746. The first kappa shape index (κ1) is 17.5. The molecule has 126 valence electrons. The summed E-state index contributed by atoms with van der Waals surface area (Å²) in [6.07, 6.45) is 3.59. The van der Waals surface area contributed by atoms with Crippen LogP contribution in [0.25, 0.3) is 0 Å². The number of halogens is 1. The van der Waals surface area contributed by atoms with Gasteiger partial charge in [-0.25, -0.2) is 9.78 Å². The van der Waals surface area contributed by atoms with Crippen molar-refractivity contribution in [1.82, 2.24) is 10.3 Å². The van der Waals surface area contributed by atoms with Gasteiger partial charge in [0.25, 0.3) is 5.91 Å². The van der Waals surface area contributed by atoms with Crippen LogP contribution in [0.15, 0.2) is 12.3 Å². The van der Waals surface area contributed by atoms with Gasteiger partial charge in [-0.2, -0.15) is 0 Å². The van der Waals surface area contributed by atoms with E-state index in [9.17, 15) is 14.7 Å². The number of rotatable bonds is 8. The van der Waals surface area contributed by atoms with Crippen LogP contribution in [0.5, 0.6) is 5.88 Å². The van der Waals surface area contributed by atoms with E-state index in [1.54, 1.807) is 0 Å². The number of carbonyl (C=O) groups is 2. The number of hydrogen-bond acceptors (Lipinski definition) is 5. The first-order valence-electron chi connectivity index (χ1n) is 7.19. The van der Waals surface area contributed by atoms with Crippen LogP contribution in [0, 0.1) is 5.92 Å². The number of carboxylic acid groups (broad SMARTS) is 1. The van der Waals surface area contributed by atoms with Crippen molar-refractivity contribution in [2.75, 3.05) is 20.3 Å². The summed E-state index contributed by atoms with van der Waals surface area (Å²) in [5.41, 5.74) is -1.39. The summed E-state index contributed by atoms with van der Waals surface area (Å²) in [5.74, 6) is -0.972. The van der Waals surface area contributed by atoms with Crippen LogP contribution in [0.3, 0.4) is 0 Å². The molecule has 7 nitrogen and oxygen atoms in total. The van der Waals surface area contributed by atoms with Crippen LogP contribution in [-0.2, 0) is 9.53 Å². The van der Waals surface area contributed by atoms with Crippen molar-refractivity contribution in [3.8, 4) is 5.88 Å². The van der Waals surface area contributed by atoms with E-state index < -0.39 is 17.4 Å². The number of hydrogen-bond donors (Lipinski definition) is 2. The molecule has 1 amide bonds. The number of carboxylic acids is 1. The highest BCUT2D eigenvalue weighted by Gasteiger charge is 2.35. The maximum absolute atomic E-state index is 12.2. The van der Waals surface area contributed by atoms with Gasteiger partial charge < -0.3 is 19.9 Å². The number of pyridine rings is 1. The summed E-state index contributed by atoms with van der Waals surface area (Å²) in [7, 11) is 1.36. The summed E-state index contributed by atoms with van der Waals surface area (Å²) in [5, 5.41) is 11.9. The van der Waals surface area contributed by atoms with Crippen molar-refractivity contribution >= 4 is 23.5 Å². The van der Waals surface area contributed by atoms with Gasteiger partial charge in [0.1, 0.15) is 5.02 Å². The van der Waals surface area contributed by atoms with E-state index in [1.165, 1.54) is 26.3 Å². The lowest BCUT2D eigenvalue weighted by atomic mass is 10.0. The molecule has 0 aromatic carbocycles. The van der Waals surface area contributed by atoms with Crippen LogP contribution < -0.4 is 10.1 Å². The zero-order valence-electron chi connectivity index (χ0n) is 13.0. The molecule has 8 heteroatoms. The van der Waals surface area contributed by atoms with Gasteiger partial charge in [-0.3, -0.25) is 4.79 Å². The topological polar surface area (TPSA) is 97.8 Å². The minimum Gasteiger partial charge on any atom is -0.479 e. The van der Waals surface area contributed by atoms with Gasteiger partial charge >= 0.3 is 5.97 Å². The van der Waals surface area contributed by atoms with E-state index in [0.29, 0.717) is 12.5 Å². The van der Waals surface area contributed by atoms with Crippen LogP contribution in [-0.4, -0.2) is 47.8 Å². The molecule has 2 rings (SSSR count). The fourth-order valence-electron chi connectivity index (χ4n) is 1.90. The van der Waals surface area contributed by atoms with Gasteiger partial charge in [0.05, 0.1) is 18.8 Å². The number of ether oxygens (including phenoxy) is 2. The van der Waals surface area contributed by atoms with Crippen LogP contribution >= 0.6 is 11.6 Å². The highest BCUT2D eigenvalue weighted by molar-refractivity contribution is 6.32. The molecule has 1 aromatic heterocycles. The third-order valence-electron chi connectivity index (χ3n) is 3.52. The number of aliphatic carboxylic acids is 1. The summed E-state index contributed by atoms with van der Waals surface area (Å²) in [6.45, 7) is 1.75. The molecular weight excluding hydrogens is 324 g/mol. The van der Waals surface area contributed by atoms with Crippen molar-refractivity contribution < 1.29 is 24.2 Å². The summed E-state index contributed by atoms with van der Waals surface area (Å²) in [4.78, 5) is 27.5. The second kappa shape index (κ2) is 7.14. The number of methoxy groups -OCH3 is 1. The minimum absolute atomic E-state index is 0.150. The molecule has 1 fully saturated rings. The normalized spacial score (nSPS) is 16.5. The highest BCUT2D eigenvalue weighted by Crippen LogP contribution is 2.31. The van der Waals surface area contributed by atoms with E-state index in [-0.39, 0.29) is 23.1 Å². The van der Waals surface area contributed by atoms with Crippen molar-refractivity contribution in [2.24, 2.45) is 5.92 Å². The van der Waals surface area contributed by atoms with E-state index in [4.69, 9.17) is 21.1 Å². The Morgan fingerprint density at radius 2 is 2.22 bits per heavy atom. The fourth-order valence-corrected chi connectivity index (χ4v) is 2.12. The molecule has 1 saturated carbocycles. The van der Waals surface area contributed by atoms with E-state index in [2.05, 4.69) is 10.3 Å². The molecule has 1 aromatic rings. The molecule has 2 N–H and O–H groups in total. The average molecular weight is 343 g/mol. The third-order valence-corrected chi connectivity index (χ3v) is 3.79. The third kappa shape index (κ3) is 4.56. The zero-order chi connectivity index (χ0) is 17.0. The van der Waals surface area contributed by atoms with E-state index in [1.807, 2.05) is 0 Å². The molecule has 0 aliphatic heterocycles. The number of aromatic nitrogens is 1. The average Bonchev–Trinajstić information content (AvgIpc) is 3.30. The van der Waals surface area contributed by atoms with Gasteiger partial charge in [0.2, 0.25) is 5.88 Å². The molecule has 1 heterocycles. The molecule has 0 radical (unpaired) electrons. The Bertz CT molecular complexity index is 606. The molecule has 23 heavy (non-hydrogen) atoms. The van der Waals surface area contributed by atoms with Gasteiger partial charge in [-0.15, -0.1) is 0 Å². The Morgan fingerprint density at radius 3 is 2.74 bits per heavy atom. The van der Waals surface area contributed by atoms with E-state index >= 15 is 0 Å². The van der Waals surface area contributed by atoms with Gasteiger partial charge in [-0.05, 0) is 31.7 Å². The Balaban J connectivity index is 2.06. The predicted molar refractivity (Wildman–Crippen MR) is 82.8 cm³/mol. The van der Waals surface area contributed by atoms with Gasteiger partial charge in [0.15, 0.2) is 5.54 Å². The van der Waals surface area contributed by atoms with Crippen molar-refractivity contribution in [1.29, 1.82) is 0 Å². The number of amides is 1. The maximum Gasteiger partial charge on any atom is 0.331 e. The first-order valence-corrected chi connectivity index (χ1v) is 7.56. The maximum atomic E-state index is 12.2. The number of carbonyl (C=O) groups excluding carboxylic acids is 1. The smallest absolute Gasteiger partial charge is 0.331 e. The Labute approximate surface area is 138 Å². The summed E-state index contributed by atoms with van der Waals surface area (Å²) in [6, 6.07) is 1.40. The molecule has 0 bridgehead atoms. The molecule has 1 unspecified atom stereocenters. The van der Waals surface area contributed by atoms with Gasteiger partial charge in [-0.1, -0.05) is 11.6 Å². The fraction of sp³-hybridized carbons (Fsp3) is 0.533. The predicted octanol–water partition coefficient (Wildman–Crippen LogP) is 1.74. The first-order chi connectivity index (χ1) is 10.9. The van der Waals surface area contributed by atoms with Crippen molar-refractivity contribution in [2.45, 2.75) is 25.3 Å². The molecule has 1 aliphatic rings. The Kier molecular flexibility index (Phi) is 5.43. The minimum atomic E-state index is -1.54. The lowest BCUT2D eigenvalue weighted by molar-refractivity contribution is -0.145. The van der Waals surface area contributed by atoms with Crippen LogP contribution in [0.4, 0.5) is 0 Å². The van der Waals surface area contributed by atoms with Crippen LogP contribution in [0.1, 0.15) is 30.1 Å². The number of nitrogens with one attached hydrogen (secondary N) is 1. The molecular formula is C15H19ClN2O5. The largest absolute Gasteiger partial charge is 0.479 e. The lowest BCUT2D eigenvalue weighted by Gasteiger charge is -2.25. The van der Waals surface area contributed by atoms with Crippen molar-refractivity contribution in [3.05, 3.63) is 22.8 Å². The zero-order valence-corrected chi connectivity index (χ0v) is 13.7. The molecule has 1 aliphatic carbocycles. The van der Waals surface area contributed by atoms with Crippen molar-refractivity contribution in [3.63, 3.8) is 0 Å². The summed E-state index contributed by atoms with van der Waals surface area (Å²) >= 11 is 6.06. The Hall–Kier alpha value is -1.86. The van der Waals surface area contributed by atoms with Gasteiger partial charge in [0, 0.05) is 13.3 Å². The number of nitrogens with zero attached hydrogens (tertiary/aromatic N) is 1. The van der Waals surface area contributed by atoms with Crippen LogP contribution in [0.2, 0.25) is 5.02 Å². The second-order valence-corrected chi connectivity index (χ2v) is 6.20. The molecule has 0 saturated heterocycles.